The lowest BCUT2D eigenvalue weighted by Crippen LogP contribution is -2.30. The van der Waals surface area contributed by atoms with Gasteiger partial charge in [-0.25, -0.2) is 0 Å². The molecular weight excluding hydrogens is 386 g/mol. The molecule has 8 heteroatoms. The highest BCUT2D eigenvalue weighted by molar-refractivity contribution is 6.05. The lowest BCUT2D eigenvalue weighted by molar-refractivity contribution is -0.139. The van der Waals surface area contributed by atoms with E-state index in [-0.39, 0.29) is 12.5 Å². The fourth-order valence-electron chi connectivity index (χ4n) is 3.06. The van der Waals surface area contributed by atoms with Crippen molar-refractivity contribution in [3.05, 3.63) is 77.0 Å². The number of carbonyl (C=O) groups excluding carboxylic acids is 3. The summed E-state index contributed by atoms with van der Waals surface area (Å²) in [6, 6.07) is 12.0. The molecule has 0 spiro atoms. The van der Waals surface area contributed by atoms with Crippen LogP contribution in [0.1, 0.15) is 37.9 Å². The van der Waals surface area contributed by atoms with E-state index in [2.05, 4.69) is 15.4 Å². The fraction of sp³-hybridized carbons (Fsp3) is 0.227. The zero-order valence-electron chi connectivity index (χ0n) is 17.0. The van der Waals surface area contributed by atoms with E-state index in [1.54, 1.807) is 30.5 Å². The van der Waals surface area contributed by atoms with Crippen LogP contribution in [0.25, 0.3) is 0 Å². The average molecular weight is 409 g/mol. The van der Waals surface area contributed by atoms with Crippen LogP contribution >= 0.6 is 0 Å². The Morgan fingerprint density at radius 1 is 1.07 bits per heavy atom. The van der Waals surface area contributed by atoms with Gasteiger partial charge >= 0.3 is 5.97 Å². The summed E-state index contributed by atoms with van der Waals surface area (Å²) in [6.45, 7) is 4.17. The van der Waals surface area contributed by atoms with Crippen molar-refractivity contribution < 1.29 is 23.5 Å². The normalized spacial score (nSPS) is 10.5. The van der Waals surface area contributed by atoms with E-state index in [0.29, 0.717) is 23.4 Å². The Morgan fingerprint density at radius 3 is 2.43 bits per heavy atom. The minimum atomic E-state index is -0.531. The molecule has 2 heterocycles. The van der Waals surface area contributed by atoms with Gasteiger partial charge in [0.1, 0.15) is 12.3 Å². The van der Waals surface area contributed by atoms with Crippen LogP contribution in [-0.4, -0.2) is 36.0 Å². The minimum Gasteiger partial charge on any atom is -0.468 e. The van der Waals surface area contributed by atoms with Crippen molar-refractivity contribution in [3.8, 4) is 0 Å². The van der Waals surface area contributed by atoms with Crippen molar-refractivity contribution in [1.82, 2.24) is 9.88 Å². The number of aromatic nitrogens is 1. The van der Waals surface area contributed by atoms with E-state index >= 15 is 0 Å². The maximum atomic E-state index is 12.8. The number of anilines is 1. The minimum absolute atomic E-state index is 0.207. The number of methoxy groups -OCH3 is 1. The van der Waals surface area contributed by atoms with E-state index in [0.717, 1.165) is 17.1 Å². The number of aryl methyl sites for hydroxylation is 1. The van der Waals surface area contributed by atoms with Gasteiger partial charge in [0.25, 0.3) is 11.8 Å². The molecule has 30 heavy (non-hydrogen) atoms. The van der Waals surface area contributed by atoms with Gasteiger partial charge in [-0.3, -0.25) is 14.4 Å². The van der Waals surface area contributed by atoms with Crippen LogP contribution in [0.15, 0.2) is 53.1 Å². The Bertz CT molecular complexity index is 1050. The maximum absolute atomic E-state index is 12.8. The predicted octanol–water partition coefficient (Wildman–Crippen LogP) is 2.90. The monoisotopic (exact) mass is 409 g/mol. The number of esters is 1. The number of benzene rings is 1. The van der Waals surface area contributed by atoms with Crippen molar-refractivity contribution in [3.63, 3.8) is 0 Å². The Hall–Kier alpha value is -3.81. The summed E-state index contributed by atoms with van der Waals surface area (Å²) in [5.41, 5.74) is 3.28. The second-order valence-corrected chi connectivity index (χ2v) is 6.74. The third-order valence-electron chi connectivity index (χ3n) is 4.74. The molecule has 0 radical (unpaired) electrons. The van der Waals surface area contributed by atoms with Gasteiger partial charge in [-0.2, -0.15) is 0 Å². The Kier molecular flexibility index (Phi) is 6.36. The number of ether oxygens (including phenoxy) is 1. The Balaban J connectivity index is 1.66. The highest BCUT2D eigenvalue weighted by Gasteiger charge is 2.17. The first-order chi connectivity index (χ1) is 14.4. The van der Waals surface area contributed by atoms with Gasteiger partial charge in [0, 0.05) is 22.6 Å². The van der Waals surface area contributed by atoms with Crippen molar-refractivity contribution >= 4 is 23.5 Å². The van der Waals surface area contributed by atoms with Crippen molar-refractivity contribution in [2.75, 3.05) is 19.0 Å². The zero-order chi connectivity index (χ0) is 21.7. The van der Waals surface area contributed by atoms with Gasteiger partial charge in [0.05, 0.1) is 25.5 Å². The average Bonchev–Trinajstić information content (AvgIpc) is 3.36. The third-order valence-corrected chi connectivity index (χ3v) is 4.74. The topological polar surface area (TPSA) is 103 Å². The predicted molar refractivity (Wildman–Crippen MR) is 110 cm³/mol. The Morgan fingerprint density at radius 2 is 1.80 bits per heavy atom. The number of nitrogens with zero attached hydrogens (tertiary/aromatic N) is 1. The largest absolute Gasteiger partial charge is 0.468 e. The summed E-state index contributed by atoms with van der Waals surface area (Å²) < 4.78 is 11.9. The van der Waals surface area contributed by atoms with Crippen LogP contribution in [0.2, 0.25) is 0 Å². The SMILES string of the molecule is COC(=O)CNC(=O)c1ccc(NC(=O)c2cc(C)n(Cc3ccco3)c2C)cc1. The van der Waals surface area contributed by atoms with Gasteiger partial charge in [0.15, 0.2) is 0 Å². The molecule has 2 N–H and O–H groups in total. The van der Waals surface area contributed by atoms with Crippen molar-refractivity contribution in [2.24, 2.45) is 0 Å². The summed E-state index contributed by atoms with van der Waals surface area (Å²) in [5, 5.41) is 5.30. The summed E-state index contributed by atoms with van der Waals surface area (Å²) in [4.78, 5) is 35.9. The number of amides is 2. The quantitative estimate of drug-likeness (QED) is 0.584. The van der Waals surface area contributed by atoms with Crippen LogP contribution in [0, 0.1) is 13.8 Å². The summed E-state index contributed by atoms with van der Waals surface area (Å²) in [7, 11) is 1.25. The molecule has 2 aromatic heterocycles. The van der Waals surface area contributed by atoms with E-state index in [1.807, 2.05) is 36.6 Å². The Labute approximate surface area is 173 Å². The highest BCUT2D eigenvalue weighted by Crippen LogP contribution is 2.19. The van der Waals surface area contributed by atoms with Gasteiger partial charge in [-0.1, -0.05) is 0 Å². The van der Waals surface area contributed by atoms with Gasteiger partial charge in [0.2, 0.25) is 0 Å². The van der Waals surface area contributed by atoms with E-state index in [4.69, 9.17) is 4.42 Å². The zero-order valence-corrected chi connectivity index (χ0v) is 17.0. The molecule has 0 aliphatic carbocycles. The molecule has 0 fully saturated rings. The van der Waals surface area contributed by atoms with Crippen LogP contribution < -0.4 is 10.6 Å². The molecule has 0 bridgehead atoms. The van der Waals surface area contributed by atoms with Crippen LogP contribution in [0.3, 0.4) is 0 Å². The van der Waals surface area contributed by atoms with Crippen molar-refractivity contribution in [2.45, 2.75) is 20.4 Å². The third kappa shape index (κ3) is 4.78. The molecule has 0 aliphatic heterocycles. The lowest BCUT2D eigenvalue weighted by Gasteiger charge is -2.09. The van der Waals surface area contributed by atoms with E-state index in [1.165, 1.54) is 7.11 Å². The maximum Gasteiger partial charge on any atom is 0.325 e. The molecule has 3 rings (SSSR count). The lowest BCUT2D eigenvalue weighted by atomic mass is 10.1. The standard InChI is InChI=1S/C22H23N3O5/c1-14-11-19(15(2)25(14)13-18-5-4-10-30-18)22(28)24-17-8-6-16(7-9-17)21(27)23-12-20(26)29-3/h4-11H,12-13H2,1-3H3,(H,23,27)(H,24,28). The number of hydrogen-bond acceptors (Lipinski definition) is 5. The molecule has 2 amide bonds. The van der Waals surface area contributed by atoms with Gasteiger partial charge in [-0.15, -0.1) is 0 Å². The molecule has 8 nitrogen and oxygen atoms in total. The second kappa shape index (κ2) is 9.13. The molecule has 3 aromatic rings. The van der Waals surface area contributed by atoms with Gasteiger partial charge < -0.3 is 24.4 Å². The number of carbonyl (C=O) groups is 3. The van der Waals surface area contributed by atoms with Gasteiger partial charge in [-0.05, 0) is 56.3 Å². The summed E-state index contributed by atoms with van der Waals surface area (Å²) in [5.74, 6) is -0.363. The fourth-order valence-corrected chi connectivity index (χ4v) is 3.06. The second-order valence-electron chi connectivity index (χ2n) is 6.74. The van der Waals surface area contributed by atoms with Crippen LogP contribution in [0.4, 0.5) is 5.69 Å². The number of hydrogen-bond donors (Lipinski definition) is 2. The number of rotatable bonds is 7. The number of furan rings is 1. The molecule has 0 atom stereocenters. The molecule has 0 aliphatic rings. The molecule has 0 saturated heterocycles. The van der Waals surface area contributed by atoms with Crippen LogP contribution in [0.5, 0.6) is 0 Å². The first-order valence-corrected chi connectivity index (χ1v) is 9.34. The first kappa shape index (κ1) is 20.9. The van der Waals surface area contributed by atoms with Crippen molar-refractivity contribution in [1.29, 1.82) is 0 Å². The molecule has 0 unspecified atom stereocenters. The highest BCUT2D eigenvalue weighted by atomic mass is 16.5. The van der Waals surface area contributed by atoms with Crippen LogP contribution in [-0.2, 0) is 16.1 Å². The summed E-state index contributed by atoms with van der Waals surface area (Å²) >= 11 is 0. The smallest absolute Gasteiger partial charge is 0.325 e. The molecule has 156 valence electrons. The number of nitrogens with one attached hydrogen (secondary N) is 2. The molecule has 0 saturated carbocycles. The van der Waals surface area contributed by atoms with E-state index in [9.17, 15) is 14.4 Å². The van der Waals surface area contributed by atoms with E-state index < -0.39 is 11.9 Å². The first-order valence-electron chi connectivity index (χ1n) is 9.34. The molecular formula is C22H23N3O5. The summed E-state index contributed by atoms with van der Waals surface area (Å²) in [6.07, 6.45) is 1.62. The molecule has 1 aromatic carbocycles.